The summed E-state index contributed by atoms with van der Waals surface area (Å²) in [5, 5.41) is 8.15. The van der Waals surface area contributed by atoms with Crippen molar-refractivity contribution in [1.82, 2.24) is 9.97 Å². The predicted octanol–water partition coefficient (Wildman–Crippen LogP) is 3.34. The zero-order valence-electron chi connectivity index (χ0n) is 13.5. The lowest BCUT2D eigenvalue weighted by molar-refractivity contribution is -0.116. The van der Waals surface area contributed by atoms with Gasteiger partial charge in [0.05, 0.1) is 17.8 Å². The van der Waals surface area contributed by atoms with Gasteiger partial charge in [-0.3, -0.25) is 14.6 Å². The van der Waals surface area contributed by atoms with Gasteiger partial charge in [-0.25, -0.2) is 4.98 Å². The van der Waals surface area contributed by atoms with Gasteiger partial charge in [-0.1, -0.05) is 6.07 Å². The Bertz CT molecular complexity index is 876. The zero-order valence-corrected chi connectivity index (χ0v) is 14.3. The summed E-state index contributed by atoms with van der Waals surface area (Å²) in [6, 6.07) is 12.6. The summed E-state index contributed by atoms with van der Waals surface area (Å²) >= 11 is 1.46. The molecule has 0 bridgehead atoms. The van der Waals surface area contributed by atoms with Gasteiger partial charge in [0, 0.05) is 29.9 Å². The minimum Gasteiger partial charge on any atom is -0.326 e. The quantitative estimate of drug-likeness (QED) is 0.737. The number of nitrogens with zero attached hydrogens (tertiary/aromatic N) is 2. The summed E-state index contributed by atoms with van der Waals surface area (Å²) in [4.78, 5) is 31.9. The third-order valence-corrected chi connectivity index (χ3v) is 4.18. The second-order valence-electron chi connectivity index (χ2n) is 5.34. The fourth-order valence-corrected chi connectivity index (χ4v) is 3.00. The van der Waals surface area contributed by atoms with Crippen LogP contribution in [-0.4, -0.2) is 21.8 Å². The molecule has 0 fully saturated rings. The van der Waals surface area contributed by atoms with Crippen LogP contribution in [0.1, 0.15) is 12.6 Å². The van der Waals surface area contributed by atoms with Crippen molar-refractivity contribution in [2.75, 3.05) is 10.6 Å². The number of nitrogens with one attached hydrogen (secondary N) is 2. The standard InChI is InChI=1S/C18H16N4O2S/c1-12(23)20-13-5-7-14(8-6-13)21-17(24)10-15-11-25-18(22-15)16-4-2-3-9-19-16/h2-9,11H,10H2,1H3,(H,20,23)(H,21,24). The van der Waals surface area contributed by atoms with Crippen molar-refractivity contribution in [2.24, 2.45) is 0 Å². The van der Waals surface area contributed by atoms with E-state index in [0.717, 1.165) is 10.7 Å². The largest absolute Gasteiger partial charge is 0.326 e. The monoisotopic (exact) mass is 352 g/mol. The number of hydrogen-bond donors (Lipinski definition) is 2. The average molecular weight is 352 g/mol. The van der Waals surface area contributed by atoms with Gasteiger partial charge in [0.1, 0.15) is 5.01 Å². The molecule has 2 heterocycles. The molecule has 0 saturated heterocycles. The Morgan fingerprint density at radius 1 is 1.04 bits per heavy atom. The number of hydrogen-bond acceptors (Lipinski definition) is 5. The molecule has 25 heavy (non-hydrogen) atoms. The van der Waals surface area contributed by atoms with E-state index >= 15 is 0 Å². The lowest BCUT2D eigenvalue weighted by Gasteiger charge is -2.06. The van der Waals surface area contributed by atoms with Crippen molar-refractivity contribution >= 4 is 34.5 Å². The number of aromatic nitrogens is 2. The van der Waals surface area contributed by atoms with Gasteiger partial charge in [-0.05, 0) is 36.4 Å². The average Bonchev–Trinajstić information content (AvgIpc) is 3.05. The van der Waals surface area contributed by atoms with E-state index in [1.165, 1.54) is 18.3 Å². The Balaban J connectivity index is 1.59. The van der Waals surface area contributed by atoms with Crippen LogP contribution in [0.5, 0.6) is 0 Å². The molecule has 7 heteroatoms. The fraction of sp³-hybridized carbons (Fsp3) is 0.111. The summed E-state index contributed by atoms with van der Waals surface area (Å²) in [6.45, 7) is 1.45. The number of benzene rings is 1. The van der Waals surface area contributed by atoms with Crippen LogP contribution in [0.3, 0.4) is 0 Å². The van der Waals surface area contributed by atoms with Crippen LogP contribution in [0.15, 0.2) is 54.0 Å². The molecule has 0 spiro atoms. The number of carbonyl (C=O) groups is 2. The van der Waals surface area contributed by atoms with Gasteiger partial charge < -0.3 is 10.6 Å². The van der Waals surface area contributed by atoms with Crippen molar-refractivity contribution < 1.29 is 9.59 Å². The maximum Gasteiger partial charge on any atom is 0.230 e. The third kappa shape index (κ3) is 4.71. The van der Waals surface area contributed by atoms with Gasteiger partial charge in [0.25, 0.3) is 0 Å². The molecule has 0 atom stereocenters. The smallest absolute Gasteiger partial charge is 0.230 e. The molecule has 0 radical (unpaired) electrons. The molecule has 0 aliphatic heterocycles. The first-order valence-corrected chi connectivity index (χ1v) is 8.51. The molecule has 0 unspecified atom stereocenters. The Morgan fingerprint density at radius 3 is 2.40 bits per heavy atom. The van der Waals surface area contributed by atoms with E-state index in [1.54, 1.807) is 30.5 Å². The first kappa shape index (κ1) is 16.8. The summed E-state index contributed by atoms with van der Waals surface area (Å²) in [5.74, 6) is -0.283. The van der Waals surface area contributed by atoms with Gasteiger partial charge in [0.2, 0.25) is 11.8 Å². The summed E-state index contributed by atoms with van der Waals surface area (Å²) in [5.41, 5.74) is 2.86. The lowest BCUT2D eigenvalue weighted by Crippen LogP contribution is -2.14. The van der Waals surface area contributed by atoms with E-state index in [9.17, 15) is 9.59 Å². The molecule has 3 rings (SSSR count). The highest BCUT2D eigenvalue weighted by Gasteiger charge is 2.10. The first-order valence-electron chi connectivity index (χ1n) is 7.63. The van der Waals surface area contributed by atoms with E-state index in [-0.39, 0.29) is 18.2 Å². The van der Waals surface area contributed by atoms with Crippen molar-refractivity contribution in [2.45, 2.75) is 13.3 Å². The molecule has 0 saturated carbocycles. The molecule has 0 aliphatic carbocycles. The molecule has 2 amide bonds. The topological polar surface area (TPSA) is 84.0 Å². The van der Waals surface area contributed by atoms with Gasteiger partial charge >= 0.3 is 0 Å². The van der Waals surface area contributed by atoms with Gasteiger partial charge in [-0.15, -0.1) is 11.3 Å². The van der Waals surface area contributed by atoms with Crippen molar-refractivity contribution in [1.29, 1.82) is 0 Å². The van der Waals surface area contributed by atoms with E-state index in [2.05, 4.69) is 20.6 Å². The molecule has 6 nitrogen and oxygen atoms in total. The van der Waals surface area contributed by atoms with Crippen LogP contribution in [0.25, 0.3) is 10.7 Å². The maximum atomic E-state index is 12.2. The summed E-state index contributed by atoms with van der Waals surface area (Å²) in [7, 11) is 0. The molecule has 0 aliphatic rings. The van der Waals surface area contributed by atoms with Crippen LogP contribution in [0.2, 0.25) is 0 Å². The van der Waals surface area contributed by atoms with Crippen LogP contribution in [-0.2, 0) is 16.0 Å². The molecular weight excluding hydrogens is 336 g/mol. The van der Waals surface area contributed by atoms with Crippen LogP contribution in [0, 0.1) is 0 Å². The lowest BCUT2D eigenvalue weighted by atomic mass is 10.2. The van der Waals surface area contributed by atoms with Crippen LogP contribution in [0.4, 0.5) is 11.4 Å². The van der Waals surface area contributed by atoms with E-state index in [4.69, 9.17) is 0 Å². The summed E-state index contributed by atoms with van der Waals surface area (Å²) < 4.78 is 0. The van der Waals surface area contributed by atoms with Crippen molar-refractivity contribution in [3.63, 3.8) is 0 Å². The highest BCUT2D eigenvalue weighted by atomic mass is 32.1. The fourth-order valence-electron chi connectivity index (χ4n) is 2.20. The Hall–Kier alpha value is -3.06. The number of pyridine rings is 1. The normalized spacial score (nSPS) is 10.3. The Kier molecular flexibility index (Phi) is 5.15. The number of thiazole rings is 1. The number of amides is 2. The Morgan fingerprint density at radius 2 is 1.76 bits per heavy atom. The third-order valence-electron chi connectivity index (χ3n) is 3.27. The molecule has 126 valence electrons. The zero-order chi connectivity index (χ0) is 17.6. The van der Waals surface area contributed by atoms with E-state index in [1.807, 2.05) is 23.6 Å². The maximum absolute atomic E-state index is 12.2. The SMILES string of the molecule is CC(=O)Nc1ccc(NC(=O)Cc2csc(-c3ccccn3)n2)cc1. The number of anilines is 2. The molecule has 3 aromatic rings. The Labute approximate surface area is 149 Å². The second kappa shape index (κ2) is 7.67. The highest BCUT2D eigenvalue weighted by Crippen LogP contribution is 2.22. The minimum absolute atomic E-state index is 0.135. The number of rotatable bonds is 5. The molecule has 2 N–H and O–H groups in total. The van der Waals surface area contributed by atoms with E-state index < -0.39 is 0 Å². The van der Waals surface area contributed by atoms with Crippen LogP contribution >= 0.6 is 11.3 Å². The minimum atomic E-state index is -0.148. The summed E-state index contributed by atoms with van der Waals surface area (Å²) in [6.07, 6.45) is 1.91. The van der Waals surface area contributed by atoms with Crippen molar-refractivity contribution in [3.8, 4) is 10.7 Å². The predicted molar refractivity (Wildman–Crippen MR) is 98.4 cm³/mol. The van der Waals surface area contributed by atoms with Gasteiger partial charge in [-0.2, -0.15) is 0 Å². The van der Waals surface area contributed by atoms with Gasteiger partial charge in [0.15, 0.2) is 0 Å². The second-order valence-corrected chi connectivity index (χ2v) is 6.20. The van der Waals surface area contributed by atoms with Crippen molar-refractivity contribution in [3.05, 3.63) is 59.7 Å². The molecule has 1 aromatic carbocycles. The molecular formula is C18H16N4O2S. The van der Waals surface area contributed by atoms with E-state index in [0.29, 0.717) is 17.1 Å². The number of carbonyl (C=O) groups excluding carboxylic acids is 2. The van der Waals surface area contributed by atoms with Crippen LogP contribution < -0.4 is 10.6 Å². The first-order chi connectivity index (χ1) is 12.1. The molecule has 2 aromatic heterocycles. The highest BCUT2D eigenvalue weighted by molar-refractivity contribution is 7.13.